The summed E-state index contributed by atoms with van der Waals surface area (Å²) in [6.07, 6.45) is 1.36. The average Bonchev–Trinajstić information content (AvgIpc) is 2.60. The molecule has 5 nitrogen and oxygen atoms in total. The lowest BCUT2D eigenvalue weighted by Gasteiger charge is -2.05. The first-order valence-corrected chi connectivity index (χ1v) is 8.75. The fourth-order valence-electron chi connectivity index (χ4n) is 2.06. The quantitative estimate of drug-likeness (QED) is 0.753. The van der Waals surface area contributed by atoms with Crippen molar-refractivity contribution in [1.29, 1.82) is 5.26 Å². The molecule has 0 radical (unpaired) electrons. The Hall–Kier alpha value is -2.78. The van der Waals surface area contributed by atoms with Crippen molar-refractivity contribution in [3.63, 3.8) is 0 Å². The molecule has 0 N–H and O–H groups in total. The fraction of sp³-hybridized carbons (Fsp3) is 0.167. The molecule has 0 fully saturated rings. The summed E-state index contributed by atoms with van der Waals surface area (Å²) in [5.41, 5.74) is 1.21. The van der Waals surface area contributed by atoms with E-state index in [1.165, 1.54) is 13.2 Å². The van der Waals surface area contributed by atoms with Gasteiger partial charge >= 0.3 is 0 Å². The number of benzene rings is 2. The number of sulfone groups is 1. The van der Waals surface area contributed by atoms with Gasteiger partial charge in [0.25, 0.3) is 0 Å². The molecular weight excluding hydrogens is 326 g/mol. The van der Waals surface area contributed by atoms with E-state index in [0.717, 1.165) is 0 Å². The zero-order valence-corrected chi connectivity index (χ0v) is 14.2. The van der Waals surface area contributed by atoms with Crippen molar-refractivity contribution in [3.8, 4) is 17.6 Å². The number of ether oxygens (including phenoxy) is 2. The first kappa shape index (κ1) is 17.6. The highest BCUT2D eigenvalue weighted by Gasteiger charge is 2.18. The molecule has 0 amide bonds. The maximum atomic E-state index is 12.5. The molecule has 2 aromatic carbocycles. The van der Waals surface area contributed by atoms with Gasteiger partial charge in [0.2, 0.25) is 0 Å². The van der Waals surface area contributed by atoms with E-state index in [1.807, 2.05) is 0 Å². The number of methoxy groups -OCH3 is 2. The number of nitriles is 1. The Morgan fingerprint density at radius 2 is 1.50 bits per heavy atom. The molecule has 6 heteroatoms. The van der Waals surface area contributed by atoms with Crippen LogP contribution in [-0.4, -0.2) is 22.6 Å². The van der Waals surface area contributed by atoms with Gasteiger partial charge in [0.05, 0.1) is 20.0 Å². The maximum Gasteiger partial charge on any atom is 0.192 e. The lowest BCUT2D eigenvalue weighted by Crippen LogP contribution is -2.06. The van der Waals surface area contributed by atoms with Crippen LogP contribution in [0.3, 0.4) is 0 Å². The normalized spacial score (nSPS) is 11.6. The van der Waals surface area contributed by atoms with Crippen molar-refractivity contribution in [3.05, 3.63) is 64.6 Å². The Kier molecular flexibility index (Phi) is 5.61. The van der Waals surface area contributed by atoms with Crippen LogP contribution in [0.25, 0.3) is 6.08 Å². The highest BCUT2D eigenvalue weighted by atomic mass is 32.2. The van der Waals surface area contributed by atoms with Crippen LogP contribution in [-0.2, 0) is 15.6 Å². The summed E-state index contributed by atoms with van der Waals surface area (Å²) >= 11 is 0. The first-order chi connectivity index (χ1) is 11.5. The van der Waals surface area contributed by atoms with Gasteiger partial charge in [-0.3, -0.25) is 0 Å². The SMILES string of the molecule is COc1ccc(C=C(C#N)S(=O)(=O)Cc2ccc(OC)cc2)cc1. The monoisotopic (exact) mass is 343 g/mol. The molecule has 0 bridgehead atoms. The van der Waals surface area contributed by atoms with Crippen molar-refractivity contribution in [2.45, 2.75) is 5.75 Å². The molecule has 0 spiro atoms. The van der Waals surface area contributed by atoms with Crippen molar-refractivity contribution in [2.24, 2.45) is 0 Å². The highest BCUT2D eigenvalue weighted by Crippen LogP contribution is 2.20. The predicted molar refractivity (Wildman–Crippen MR) is 92.2 cm³/mol. The standard InChI is InChI=1S/C18H17NO4S/c1-22-16-7-3-14(4-8-16)11-18(12-19)24(20,21)13-15-5-9-17(23-2)10-6-15/h3-11H,13H2,1-2H3. The number of allylic oxidation sites excluding steroid dienone is 1. The van der Waals surface area contributed by atoms with Crippen LogP contribution in [0.1, 0.15) is 11.1 Å². The molecule has 0 saturated carbocycles. The summed E-state index contributed by atoms with van der Waals surface area (Å²) in [5, 5.41) is 9.24. The third-order valence-corrected chi connectivity index (χ3v) is 4.97. The summed E-state index contributed by atoms with van der Waals surface area (Å²) in [6.45, 7) is 0. The molecule has 124 valence electrons. The van der Waals surface area contributed by atoms with Crippen molar-refractivity contribution in [2.75, 3.05) is 14.2 Å². The highest BCUT2D eigenvalue weighted by molar-refractivity contribution is 7.95. The van der Waals surface area contributed by atoms with Crippen LogP contribution in [0, 0.1) is 11.3 Å². The van der Waals surface area contributed by atoms with E-state index in [4.69, 9.17) is 9.47 Å². The summed E-state index contributed by atoms with van der Waals surface area (Å²) in [5.74, 6) is 1.06. The van der Waals surface area contributed by atoms with E-state index < -0.39 is 9.84 Å². The third-order valence-electron chi connectivity index (χ3n) is 3.37. The van der Waals surface area contributed by atoms with E-state index in [0.29, 0.717) is 22.6 Å². The Morgan fingerprint density at radius 3 is 1.96 bits per heavy atom. The van der Waals surface area contributed by atoms with E-state index in [1.54, 1.807) is 61.7 Å². The second kappa shape index (κ2) is 7.66. The van der Waals surface area contributed by atoms with E-state index in [2.05, 4.69) is 0 Å². The molecule has 0 aliphatic rings. The van der Waals surface area contributed by atoms with Gasteiger partial charge in [-0.15, -0.1) is 0 Å². The first-order valence-electron chi connectivity index (χ1n) is 7.10. The average molecular weight is 343 g/mol. The Labute approximate surface area is 141 Å². The van der Waals surface area contributed by atoms with E-state index >= 15 is 0 Å². The second-order valence-corrected chi connectivity index (χ2v) is 6.96. The van der Waals surface area contributed by atoms with Gasteiger partial charge in [-0.05, 0) is 41.5 Å². The number of hydrogen-bond acceptors (Lipinski definition) is 5. The zero-order chi connectivity index (χ0) is 17.6. The molecule has 24 heavy (non-hydrogen) atoms. The Bertz CT molecular complexity index is 861. The Morgan fingerprint density at radius 1 is 1.00 bits per heavy atom. The number of rotatable bonds is 6. The molecule has 0 aliphatic carbocycles. The Balaban J connectivity index is 2.26. The molecule has 2 rings (SSSR count). The maximum absolute atomic E-state index is 12.5. The molecule has 2 aromatic rings. The molecule has 0 atom stereocenters. The smallest absolute Gasteiger partial charge is 0.192 e. The summed E-state index contributed by atoms with van der Waals surface area (Å²) < 4.78 is 35.0. The van der Waals surface area contributed by atoms with Gasteiger partial charge < -0.3 is 9.47 Å². The minimum absolute atomic E-state index is 0.244. The molecule has 0 aliphatic heterocycles. The van der Waals surface area contributed by atoms with Crippen LogP contribution in [0.15, 0.2) is 53.4 Å². The topological polar surface area (TPSA) is 76.4 Å². The zero-order valence-electron chi connectivity index (χ0n) is 13.4. The predicted octanol–water partition coefficient (Wildman–Crippen LogP) is 3.18. The van der Waals surface area contributed by atoms with Gasteiger partial charge in [-0.1, -0.05) is 24.3 Å². The van der Waals surface area contributed by atoms with Gasteiger partial charge in [0.15, 0.2) is 9.84 Å². The summed E-state index contributed by atoms with van der Waals surface area (Å²) in [4.78, 5) is -0.275. The summed E-state index contributed by atoms with van der Waals surface area (Å²) in [7, 11) is -0.646. The van der Waals surface area contributed by atoms with Gasteiger partial charge in [0.1, 0.15) is 22.5 Å². The van der Waals surface area contributed by atoms with E-state index in [-0.39, 0.29) is 10.7 Å². The largest absolute Gasteiger partial charge is 0.497 e. The summed E-state index contributed by atoms with van der Waals surface area (Å²) in [6, 6.07) is 15.3. The minimum Gasteiger partial charge on any atom is -0.497 e. The van der Waals surface area contributed by atoms with Crippen molar-refractivity contribution < 1.29 is 17.9 Å². The lowest BCUT2D eigenvalue weighted by molar-refractivity contribution is 0.414. The third kappa shape index (κ3) is 4.37. The van der Waals surface area contributed by atoms with Crippen LogP contribution < -0.4 is 9.47 Å². The van der Waals surface area contributed by atoms with Crippen LogP contribution in [0.2, 0.25) is 0 Å². The van der Waals surface area contributed by atoms with Gasteiger partial charge in [-0.25, -0.2) is 8.42 Å². The van der Waals surface area contributed by atoms with Crippen LogP contribution in [0.5, 0.6) is 11.5 Å². The lowest BCUT2D eigenvalue weighted by atomic mass is 10.2. The fourth-order valence-corrected chi connectivity index (χ4v) is 3.30. The van der Waals surface area contributed by atoms with Crippen molar-refractivity contribution >= 4 is 15.9 Å². The van der Waals surface area contributed by atoms with Crippen molar-refractivity contribution in [1.82, 2.24) is 0 Å². The molecular formula is C18H17NO4S. The minimum atomic E-state index is -3.73. The van der Waals surface area contributed by atoms with E-state index in [9.17, 15) is 13.7 Å². The van der Waals surface area contributed by atoms with Gasteiger partial charge in [-0.2, -0.15) is 5.26 Å². The molecule has 0 aromatic heterocycles. The second-order valence-electron chi connectivity index (χ2n) is 5.00. The number of nitrogens with zero attached hydrogens (tertiary/aromatic N) is 1. The molecule has 0 unspecified atom stereocenters. The van der Waals surface area contributed by atoms with Crippen LogP contribution >= 0.6 is 0 Å². The van der Waals surface area contributed by atoms with Crippen LogP contribution in [0.4, 0.5) is 0 Å². The molecule has 0 saturated heterocycles. The molecule has 0 heterocycles. The number of hydrogen-bond donors (Lipinski definition) is 0. The van der Waals surface area contributed by atoms with Gasteiger partial charge in [0, 0.05) is 0 Å².